The summed E-state index contributed by atoms with van der Waals surface area (Å²) in [6.45, 7) is 10.3. The number of thioether (sulfide) groups is 1. The molecular weight excluding hydrogens is 274 g/mol. The summed E-state index contributed by atoms with van der Waals surface area (Å²) in [5, 5.41) is 4.44. The fourth-order valence-corrected chi connectivity index (χ4v) is 3.31. The lowest BCUT2D eigenvalue weighted by Crippen LogP contribution is -2.54. The Hall–Kier alpha value is -1.01. The number of hydrogen-bond donors (Lipinski definition) is 2. The molecule has 2 unspecified atom stereocenters. The molecule has 2 N–H and O–H groups in total. The highest BCUT2D eigenvalue weighted by Crippen LogP contribution is 2.27. The molecule has 6 heteroatoms. The number of ether oxygens (including phenoxy) is 1. The van der Waals surface area contributed by atoms with E-state index in [1.165, 1.54) is 0 Å². The van der Waals surface area contributed by atoms with Crippen molar-refractivity contribution in [2.45, 2.75) is 63.0 Å². The Morgan fingerprint density at radius 2 is 2.25 bits per heavy atom. The molecule has 0 saturated heterocycles. The summed E-state index contributed by atoms with van der Waals surface area (Å²) in [5.41, 5.74) is -0.677. The zero-order valence-electron chi connectivity index (χ0n) is 12.9. The third-order valence-electron chi connectivity index (χ3n) is 2.81. The fraction of sp³-hybridized carbons (Fsp3) is 0.714. The molecule has 0 aliphatic carbocycles. The Labute approximate surface area is 125 Å². The van der Waals surface area contributed by atoms with Crippen molar-refractivity contribution < 1.29 is 9.53 Å². The minimum Gasteiger partial charge on any atom is -0.465 e. The summed E-state index contributed by atoms with van der Waals surface area (Å²) in [6.07, 6.45) is 4.20. The van der Waals surface area contributed by atoms with Gasteiger partial charge in [0.1, 0.15) is 5.54 Å². The lowest BCUT2D eigenvalue weighted by molar-refractivity contribution is -0.151. The van der Waals surface area contributed by atoms with E-state index in [0.29, 0.717) is 13.0 Å². The van der Waals surface area contributed by atoms with E-state index in [4.69, 9.17) is 4.74 Å². The Balaban J connectivity index is 2.70. The van der Waals surface area contributed by atoms with E-state index in [2.05, 4.69) is 22.2 Å². The van der Waals surface area contributed by atoms with Crippen molar-refractivity contribution in [2.24, 2.45) is 0 Å². The minimum absolute atomic E-state index is 0.194. The highest BCUT2D eigenvalue weighted by atomic mass is 32.2. The lowest BCUT2D eigenvalue weighted by Gasteiger charge is -2.32. The van der Waals surface area contributed by atoms with E-state index in [9.17, 15) is 4.79 Å². The van der Waals surface area contributed by atoms with Gasteiger partial charge in [0, 0.05) is 23.7 Å². The van der Waals surface area contributed by atoms with Crippen molar-refractivity contribution in [1.29, 1.82) is 0 Å². The molecule has 2 atom stereocenters. The molecule has 5 nitrogen and oxygen atoms in total. The van der Waals surface area contributed by atoms with Crippen molar-refractivity contribution in [2.75, 3.05) is 6.61 Å². The highest BCUT2D eigenvalue weighted by Gasteiger charge is 2.36. The van der Waals surface area contributed by atoms with Crippen LogP contribution in [0.2, 0.25) is 0 Å². The number of hydrogen-bond acceptors (Lipinski definition) is 5. The van der Waals surface area contributed by atoms with Crippen LogP contribution in [0.25, 0.3) is 0 Å². The molecule has 0 aromatic carbocycles. The van der Waals surface area contributed by atoms with Gasteiger partial charge in [-0.1, -0.05) is 18.7 Å². The van der Waals surface area contributed by atoms with Gasteiger partial charge in [0.15, 0.2) is 5.16 Å². The molecule has 0 aliphatic heterocycles. The molecule has 0 bridgehead atoms. The van der Waals surface area contributed by atoms with Gasteiger partial charge in [-0.05, 0) is 34.1 Å². The second-order valence-corrected chi connectivity index (χ2v) is 6.81. The predicted molar refractivity (Wildman–Crippen MR) is 81.8 cm³/mol. The molecule has 1 aromatic heterocycles. The molecule has 20 heavy (non-hydrogen) atoms. The number of carbonyl (C=O) groups is 1. The van der Waals surface area contributed by atoms with Crippen LogP contribution in [0.1, 0.15) is 41.0 Å². The summed E-state index contributed by atoms with van der Waals surface area (Å²) in [6, 6.07) is 0.213. The van der Waals surface area contributed by atoms with Gasteiger partial charge in [0.05, 0.1) is 6.61 Å². The molecule has 0 fully saturated rings. The predicted octanol–water partition coefficient (Wildman–Crippen LogP) is 2.60. The highest BCUT2D eigenvalue weighted by molar-refractivity contribution is 7.99. The zero-order chi connectivity index (χ0) is 15.2. The van der Waals surface area contributed by atoms with Crippen LogP contribution in [0.4, 0.5) is 0 Å². The molecular formula is C14H25N3O2S. The quantitative estimate of drug-likeness (QED) is 0.570. The average Bonchev–Trinajstić information content (AvgIpc) is 2.80. The number of aromatic nitrogens is 2. The van der Waals surface area contributed by atoms with Crippen LogP contribution in [0.5, 0.6) is 0 Å². The Bertz CT molecular complexity index is 409. The number of imidazole rings is 1. The number of nitrogens with one attached hydrogen (secondary N) is 2. The van der Waals surface area contributed by atoms with E-state index in [-0.39, 0.29) is 17.3 Å². The van der Waals surface area contributed by atoms with Crippen LogP contribution in [-0.2, 0) is 9.53 Å². The van der Waals surface area contributed by atoms with Gasteiger partial charge < -0.3 is 9.72 Å². The number of H-pyrrole nitrogens is 1. The van der Waals surface area contributed by atoms with Crippen molar-refractivity contribution in [1.82, 2.24) is 15.3 Å². The van der Waals surface area contributed by atoms with E-state index >= 15 is 0 Å². The third kappa shape index (κ3) is 5.17. The van der Waals surface area contributed by atoms with Gasteiger partial charge in [0.25, 0.3) is 0 Å². The van der Waals surface area contributed by atoms with Crippen molar-refractivity contribution in [3.63, 3.8) is 0 Å². The molecule has 0 saturated carbocycles. The number of rotatable bonds is 8. The van der Waals surface area contributed by atoms with Gasteiger partial charge in [-0.2, -0.15) is 0 Å². The zero-order valence-corrected chi connectivity index (χ0v) is 13.7. The summed E-state index contributed by atoms with van der Waals surface area (Å²) >= 11 is 1.63. The van der Waals surface area contributed by atoms with Gasteiger partial charge in [-0.3, -0.25) is 10.1 Å². The maximum Gasteiger partial charge on any atom is 0.326 e. The average molecular weight is 299 g/mol. The fourth-order valence-electron chi connectivity index (χ4n) is 2.25. The van der Waals surface area contributed by atoms with Crippen LogP contribution in [0.15, 0.2) is 17.6 Å². The van der Waals surface area contributed by atoms with Gasteiger partial charge >= 0.3 is 5.97 Å². The number of esters is 1. The van der Waals surface area contributed by atoms with Crippen LogP contribution >= 0.6 is 11.8 Å². The van der Waals surface area contributed by atoms with Crippen LogP contribution in [0.3, 0.4) is 0 Å². The normalized spacial score (nSPS) is 15.9. The first-order chi connectivity index (χ1) is 9.37. The third-order valence-corrected chi connectivity index (χ3v) is 3.83. The van der Waals surface area contributed by atoms with Crippen molar-refractivity contribution in [3.8, 4) is 0 Å². The second-order valence-electron chi connectivity index (χ2n) is 5.38. The largest absolute Gasteiger partial charge is 0.465 e. The lowest BCUT2D eigenvalue weighted by atomic mass is 9.95. The van der Waals surface area contributed by atoms with Crippen molar-refractivity contribution >= 4 is 17.7 Å². The standard InChI is InChI=1S/C14H25N3O2S/c1-6-19-12(18)14(5,17-10(2)3)9-11(4)20-13-15-7-8-16-13/h7-8,10-11,17H,6,9H2,1-5H3,(H,15,16). The maximum atomic E-state index is 12.2. The SMILES string of the molecule is CCOC(=O)C(C)(CC(C)Sc1ncc[nH]1)NC(C)C. The van der Waals surface area contributed by atoms with E-state index < -0.39 is 5.54 Å². The molecule has 1 heterocycles. The van der Waals surface area contributed by atoms with Crippen LogP contribution in [-0.4, -0.2) is 39.4 Å². The van der Waals surface area contributed by atoms with Gasteiger partial charge in [-0.25, -0.2) is 4.98 Å². The first kappa shape index (κ1) is 17.0. The van der Waals surface area contributed by atoms with E-state index in [0.717, 1.165) is 5.16 Å². The van der Waals surface area contributed by atoms with Gasteiger partial charge in [-0.15, -0.1) is 0 Å². The van der Waals surface area contributed by atoms with Crippen LogP contribution in [0, 0.1) is 0 Å². The van der Waals surface area contributed by atoms with Gasteiger partial charge in [0.2, 0.25) is 0 Å². The first-order valence-electron chi connectivity index (χ1n) is 6.98. The number of carbonyl (C=O) groups excluding carboxylic acids is 1. The van der Waals surface area contributed by atoms with Crippen LogP contribution < -0.4 is 5.32 Å². The van der Waals surface area contributed by atoms with Crippen molar-refractivity contribution in [3.05, 3.63) is 12.4 Å². The van der Waals surface area contributed by atoms with E-state index in [1.54, 1.807) is 24.2 Å². The topological polar surface area (TPSA) is 67.0 Å². The number of aromatic amines is 1. The molecule has 114 valence electrons. The Kier molecular flexibility index (Phi) is 6.55. The smallest absolute Gasteiger partial charge is 0.326 e. The Morgan fingerprint density at radius 3 is 2.75 bits per heavy atom. The number of nitrogens with zero attached hydrogens (tertiary/aromatic N) is 1. The molecule has 0 radical (unpaired) electrons. The summed E-state index contributed by atoms with van der Waals surface area (Å²) < 4.78 is 5.21. The molecule has 0 aliphatic rings. The molecule has 0 spiro atoms. The molecule has 0 amide bonds. The molecule has 1 aromatic rings. The maximum absolute atomic E-state index is 12.2. The summed E-state index contributed by atoms with van der Waals surface area (Å²) in [7, 11) is 0. The monoisotopic (exact) mass is 299 g/mol. The summed E-state index contributed by atoms with van der Waals surface area (Å²) in [5.74, 6) is -0.194. The second kappa shape index (κ2) is 7.69. The first-order valence-corrected chi connectivity index (χ1v) is 7.86. The Morgan fingerprint density at radius 1 is 1.55 bits per heavy atom. The summed E-state index contributed by atoms with van der Waals surface area (Å²) in [4.78, 5) is 19.5. The molecule has 1 rings (SSSR count). The van der Waals surface area contributed by atoms with E-state index in [1.807, 2.05) is 27.7 Å². The minimum atomic E-state index is -0.677.